The van der Waals surface area contributed by atoms with Crippen LogP contribution in [0.15, 0.2) is 0 Å². The molecule has 0 radical (unpaired) electrons. The normalized spacial score (nSPS) is 8.55. The van der Waals surface area contributed by atoms with Crippen molar-refractivity contribution in [1.29, 1.82) is 10.5 Å². The van der Waals surface area contributed by atoms with E-state index in [1.54, 1.807) is 12.1 Å². The van der Waals surface area contributed by atoms with Gasteiger partial charge in [-0.25, -0.2) is 0 Å². The molecule has 5 nitrogen and oxygen atoms in total. The van der Waals surface area contributed by atoms with Gasteiger partial charge in [0, 0.05) is 0 Å². The number of rotatable bonds is 0. The molecule has 0 amide bonds. The Bertz CT molecular complexity index is 332. The fourth-order valence-electron chi connectivity index (χ4n) is 0.642. The van der Waals surface area contributed by atoms with Crippen LogP contribution in [0.2, 0.25) is 0 Å². The monoisotopic (exact) mass is 149 g/mol. The molecule has 0 bridgehead atoms. The molecule has 1 aromatic rings. The molecular weight excluding hydrogens is 146 g/mol. The highest BCUT2D eigenvalue weighted by Gasteiger charge is 2.14. The van der Waals surface area contributed by atoms with Gasteiger partial charge in [-0.3, -0.25) is 0 Å². The second kappa shape index (κ2) is 2.24. The molecule has 0 saturated heterocycles. The lowest BCUT2D eigenvalue weighted by atomic mass is 10.4. The first kappa shape index (κ1) is 6.97. The highest BCUT2D eigenvalue weighted by Crippen LogP contribution is 2.31. The minimum atomic E-state index is -0.580. The van der Waals surface area contributed by atoms with Crippen molar-refractivity contribution in [1.82, 2.24) is 4.98 Å². The molecule has 1 rings (SSSR count). The van der Waals surface area contributed by atoms with E-state index in [0.29, 0.717) is 0 Å². The van der Waals surface area contributed by atoms with Gasteiger partial charge in [-0.2, -0.15) is 10.5 Å². The van der Waals surface area contributed by atoms with E-state index in [-0.39, 0.29) is 11.4 Å². The van der Waals surface area contributed by atoms with E-state index in [9.17, 15) is 0 Å². The number of hydrogen-bond acceptors (Lipinski definition) is 4. The number of nitrogens with zero attached hydrogens (tertiary/aromatic N) is 2. The van der Waals surface area contributed by atoms with E-state index < -0.39 is 11.5 Å². The summed E-state index contributed by atoms with van der Waals surface area (Å²) in [5.74, 6) is -1.16. The third kappa shape index (κ3) is 0.846. The van der Waals surface area contributed by atoms with Crippen molar-refractivity contribution < 1.29 is 10.2 Å². The van der Waals surface area contributed by atoms with Crippen molar-refractivity contribution in [3.8, 4) is 23.6 Å². The summed E-state index contributed by atoms with van der Waals surface area (Å²) in [6.07, 6.45) is 0. The van der Waals surface area contributed by atoms with Crippen molar-refractivity contribution in [2.75, 3.05) is 0 Å². The summed E-state index contributed by atoms with van der Waals surface area (Å²) in [7, 11) is 0. The van der Waals surface area contributed by atoms with Gasteiger partial charge in [0.15, 0.2) is 22.9 Å². The molecule has 5 heteroatoms. The largest absolute Gasteiger partial charge is 0.502 e. The van der Waals surface area contributed by atoms with E-state index in [2.05, 4.69) is 4.98 Å². The van der Waals surface area contributed by atoms with Crippen LogP contribution in [0.25, 0.3) is 0 Å². The van der Waals surface area contributed by atoms with Gasteiger partial charge in [0.2, 0.25) is 0 Å². The average molecular weight is 149 g/mol. The van der Waals surface area contributed by atoms with Crippen LogP contribution in [0.1, 0.15) is 11.4 Å². The van der Waals surface area contributed by atoms with Gasteiger partial charge < -0.3 is 15.2 Å². The molecule has 0 aliphatic heterocycles. The lowest BCUT2D eigenvalue weighted by Crippen LogP contribution is -1.73. The van der Waals surface area contributed by atoms with Crippen LogP contribution in [-0.4, -0.2) is 15.2 Å². The fourth-order valence-corrected chi connectivity index (χ4v) is 0.642. The first-order valence-corrected chi connectivity index (χ1v) is 2.64. The summed E-state index contributed by atoms with van der Waals surface area (Å²) < 4.78 is 0. The molecule has 0 fully saturated rings. The Labute approximate surface area is 61.7 Å². The molecular formula is C6H3N3O2. The zero-order chi connectivity index (χ0) is 8.43. The second-order valence-electron chi connectivity index (χ2n) is 1.80. The molecule has 0 unspecified atom stereocenters. The lowest BCUT2D eigenvalue weighted by molar-refractivity contribution is 0.406. The van der Waals surface area contributed by atoms with E-state index >= 15 is 0 Å². The number of nitrogens with one attached hydrogen (secondary N) is 1. The molecule has 54 valence electrons. The number of H-pyrrole nitrogens is 1. The van der Waals surface area contributed by atoms with E-state index in [1.165, 1.54) is 0 Å². The predicted octanol–water partition coefficient (Wildman–Crippen LogP) is 0.169. The SMILES string of the molecule is N#Cc1[nH]c(C#N)c(O)c1O. The Morgan fingerprint density at radius 2 is 1.36 bits per heavy atom. The zero-order valence-electron chi connectivity index (χ0n) is 5.29. The van der Waals surface area contributed by atoms with Crippen molar-refractivity contribution >= 4 is 0 Å². The number of aromatic amines is 1. The standard InChI is InChI=1S/C6H3N3O2/c7-1-3-5(10)6(11)4(2-8)9-3/h9-11H. The molecule has 0 aromatic carbocycles. The third-order valence-electron chi connectivity index (χ3n) is 1.17. The molecule has 0 aliphatic rings. The van der Waals surface area contributed by atoms with Crippen LogP contribution >= 0.6 is 0 Å². The Balaban J connectivity index is 3.40. The summed E-state index contributed by atoms with van der Waals surface area (Å²) in [5, 5.41) is 34.4. The zero-order valence-corrected chi connectivity index (χ0v) is 5.29. The van der Waals surface area contributed by atoms with Crippen LogP contribution in [0, 0.1) is 22.7 Å². The summed E-state index contributed by atoms with van der Waals surface area (Å²) in [6, 6.07) is 3.15. The van der Waals surface area contributed by atoms with Gasteiger partial charge in [0.1, 0.15) is 12.1 Å². The fraction of sp³-hybridized carbons (Fsp3) is 0. The topological polar surface area (TPSA) is 104 Å². The van der Waals surface area contributed by atoms with Crippen molar-refractivity contribution in [2.24, 2.45) is 0 Å². The molecule has 3 N–H and O–H groups in total. The Morgan fingerprint density at radius 3 is 1.55 bits per heavy atom. The number of hydrogen-bond donors (Lipinski definition) is 3. The minimum absolute atomic E-state index is 0.209. The summed E-state index contributed by atoms with van der Waals surface area (Å²) in [4.78, 5) is 2.23. The number of aromatic hydroxyl groups is 2. The minimum Gasteiger partial charge on any atom is -0.502 e. The molecule has 0 saturated carbocycles. The number of aromatic nitrogens is 1. The Hall–Kier alpha value is -2.14. The van der Waals surface area contributed by atoms with E-state index in [0.717, 1.165) is 0 Å². The van der Waals surface area contributed by atoms with E-state index in [4.69, 9.17) is 20.7 Å². The van der Waals surface area contributed by atoms with Gasteiger partial charge in [0.25, 0.3) is 0 Å². The molecule has 0 aliphatic carbocycles. The van der Waals surface area contributed by atoms with Crippen LogP contribution in [0.3, 0.4) is 0 Å². The van der Waals surface area contributed by atoms with Gasteiger partial charge in [-0.1, -0.05) is 0 Å². The molecule has 0 spiro atoms. The van der Waals surface area contributed by atoms with Crippen LogP contribution in [-0.2, 0) is 0 Å². The van der Waals surface area contributed by atoms with E-state index in [1.807, 2.05) is 0 Å². The smallest absolute Gasteiger partial charge is 0.195 e. The Morgan fingerprint density at radius 1 is 1.00 bits per heavy atom. The maximum absolute atomic E-state index is 8.89. The maximum atomic E-state index is 8.89. The van der Waals surface area contributed by atoms with Gasteiger partial charge in [-0.15, -0.1) is 0 Å². The van der Waals surface area contributed by atoms with Crippen molar-refractivity contribution in [2.45, 2.75) is 0 Å². The molecule has 1 heterocycles. The second-order valence-corrected chi connectivity index (χ2v) is 1.80. The first-order chi connectivity index (χ1) is 5.20. The van der Waals surface area contributed by atoms with Crippen LogP contribution in [0.4, 0.5) is 0 Å². The third-order valence-corrected chi connectivity index (χ3v) is 1.17. The quantitative estimate of drug-likeness (QED) is 0.489. The summed E-state index contributed by atoms with van der Waals surface area (Å²) >= 11 is 0. The lowest BCUT2D eigenvalue weighted by Gasteiger charge is -1.84. The van der Waals surface area contributed by atoms with Crippen molar-refractivity contribution in [3.63, 3.8) is 0 Å². The van der Waals surface area contributed by atoms with Gasteiger partial charge >= 0.3 is 0 Å². The van der Waals surface area contributed by atoms with Gasteiger partial charge in [-0.05, 0) is 0 Å². The molecule has 11 heavy (non-hydrogen) atoms. The van der Waals surface area contributed by atoms with Crippen molar-refractivity contribution in [3.05, 3.63) is 11.4 Å². The van der Waals surface area contributed by atoms with Gasteiger partial charge in [0.05, 0.1) is 0 Å². The number of nitriles is 2. The Kier molecular flexibility index (Phi) is 1.42. The maximum Gasteiger partial charge on any atom is 0.195 e. The first-order valence-electron chi connectivity index (χ1n) is 2.64. The highest BCUT2D eigenvalue weighted by atomic mass is 16.3. The van der Waals surface area contributed by atoms with Crippen LogP contribution in [0.5, 0.6) is 11.5 Å². The summed E-state index contributed by atoms with van der Waals surface area (Å²) in [6.45, 7) is 0. The van der Waals surface area contributed by atoms with Crippen LogP contribution < -0.4 is 0 Å². The highest BCUT2D eigenvalue weighted by molar-refractivity contribution is 5.55. The predicted molar refractivity (Wildman–Crippen MR) is 33.6 cm³/mol. The average Bonchev–Trinajstić information content (AvgIpc) is 2.30. The summed E-state index contributed by atoms with van der Waals surface area (Å²) in [5.41, 5.74) is -0.418. The molecule has 1 aromatic heterocycles. The molecule has 0 atom stereocenters.